The molecule has 20 heavy (non-hydrogen) atoms. The van der Waals surface area contributed by atoms with E-state index >= 15 is 0 Å². The summed E-state index contributed by atoms with van der Waals surface area (Å²) in [5.74, 6) is 0. The van der Waals surface area contributed by atoms with Gasteiger partial charge in [0.05, 0.1) is 22.2 Å². The lowest BCUT2D eigenvalue weighted by Gasteiger charge is -2.12. The topological polar surface area (TPSA) is 127 Å². The predicted octanol–water partition coefficient (Wildman–Crippen LogP) is 0.980. The van der Waals surface area contributed by atoms with Gasteiger partial charge in [-0.3, -0.25) is 14.9 Å². The van der Waals surface area contributed by atoms with Gasteiger partial charge in [-0.15, -0.1) is 0 Å². The normalized spacial score (nSPS) is 12.3. The van der Waals surface area contributed by atoms with E-state index in [2.05, 4.69) is 15.3 Å². The van der Waals surface area contributed by atoms with Crippen LogP contribution in [0, 0.1) is 10.1 Å². The van der Waals surface area contributed by atoms with Crippen LogP contribution in [0.4, 0.5) is 11.4 Å². The van der Waals surface area contributed by atoms with Gasteiger partial charge in [0.15, 0.2) is 0 Å². The van der Waals surface area contributed by atoms with Crippen LogP contribution in [0.2, 0.25) is 0 Å². The maximum atomic E-state index is 11.6. The summed E-state index contributed by atoms with van der Waals surface area (Å²) >= 11 is 0. The molecule has 8 nitrogen and oxygen atoms in total. The van der Waals surface area contributed by atoms with Crippen molar-refractivity contribution in [3.05, 3.63) is 38.9 Å². The molecule has 0 fully saturated rings. The van der Waals surface area contributed by atoms with Crippen LogP contribution in [0.1, 0.15) is 13.3 Å². The number of H-pyrrole nitrogens is 1. The second-order valence-electron chi connectivity index (χ2n) is 4.42. The van der Waals surface area contributed by atoms with E-state index in [1.54, 1.807) is 0 Å². The van der Waals surface area contributed by atoms with Crippen LogP contribution in [0.3, 0.4) is 0 Å². The van der Waals surface area contributed by atoms with Crippen molar-refractivity contribution in [2.45, 2.75) is 19.4 Å². The van der Waals surface area contributed by atoms with Crippen LogP contribution >= 0.6 is 0 Å². The Hall–Kier alpha value is -2.48. The lowest BCUT2D eigenvalue weighted by molar-refractivity contribution is -0.383. The van der Waals surface area contributed by atoms with Crippen molar-refractivity contribution in [2.75, 3.05) is 11.9 Å². The average Bonchev–Trinajstić information content (AvgIpc) is 2.44. The minimum atomic E-state index is -0.536. The number of hydrogen-bond donors (Lipinski definition) is 3. The van der Waals surface area contributed by atoms with E-state index in [-0.39, 0.29) is 17.1 Å². The molecule has 4 N–H and O–H groups in total. The van der Waals surface area contributed by atoms with Crippen molar-refractivity contribution >= 4 is 22.3 Å². The van der Waals surface area contributed by atoms with E-state index in [0.717, 1.165) is 6.42 Å². The predicted molar refractivity (Wildman–Crippen MR) is 75.8 cm³/mol. The fourth-order valence-corrected chi connectivity index (χ4v) is 1.78. The van der Waals surface area contributed by atoms with Crippen LogP contribution in [-0.2, 0) is 0 Å². The van der Waals surface area contributed by atoms with Crippen molar-refractivity contribution < 1.29 is 4.92 Å². The first-order chi connectivity index (χ1) is 9.52. The maximum absolute atomic E-state index is 11.6. The molecule has 0 aliphatic heterocycles. The van der Waals surface area contributed by atoms with Crippen molar-refractivity contribution in [1.82, 2.24) is 9.97 Å². The molecular formula is C12H15N5O3. The molecule has 0 aliphatic carbocycles. The highest BCUT2D eigenvalue weighted by Crippen LogP contribution is 2.27. The summed E-state index contributed by atoms with van der Waals surface area (Å²) in [5, 5.41) is 14.2. The molecule has 1 aromatic carbocycles. The molecule has 1 heterocycles. The molecule has 0 radical (unpaired) electrons. The zero-order chi connectivity index (χ0) is 14.7. The van der Waals surface area contributed by atoms with Crippen LogP contribution in [0.25, 0.3) is 10.9 Å². The summed E-state index contributed by atoms with van der Waals surface area (Å²) in [4.78, 5) is 28.6. The van der Waals surface area contributed by atoms with Crippen molar-refractivity contribution in [3.8, 4) is 0 Å². The Balaban J connectivity index is 2.49. The third-order valence-corrected chi connectivity index (χ3v) is 3.03. The zero-order valence-electron chi connectivity index (χ0n) is 10.9. The molecule has 2 rings (SSSR count). The van der Waals surface area contributed by atoms with E-state index in [1.165, 1.54) is 18.5 Å². The van der Waals surface area contributed by atoms with Crippen LogP contribution < -0.4 is 16.6 Å². The first-order valence-corrected chi connectivity index (χ1v) is 6.18. The summed E-state index contributed by atoms with van der Waals surface area (Å²) in [7, 11) is 0. The third-order valence-electron chi connectivity index (χ3n) is 3.03. The minimum Gasteiger partial charge on any atom is -0.378 e. The van der Waals surface area contributed by atoms with Gasteiger partial charge in [0.1, 0.15) is 5.69 Å². The van der Waals surface area contributed by atoms with E-state index in [0.29, 0.717) is 17.7 Å². The number of nitro benzene ring substituents is 1. The van der Waals surface area contributed by atoms with Gasteiger partial charge < -0.3 is 16.0 Å². The zero-order valence-corrected chi connectivity index (χ0v) is 10.9. The minimum absolute atomic E-state index is 0.0996. The maximum Gasteiger partial charge on any atom is 0.293 e. The fourth-order valence-electron chi connectivity index (χ4n) is 1.78. The molecule has 106 valence electrons. The lowest BCUT2D eigenvalue weighted by atomic mass is 10.1. The van der Waals surface area contributed by atoms with Crippen molar-refractivity contribution in [2.24, 2.45) is 5.73 Å². The van der Waals surface area contributed by atoms with Gasteiger partial charge in [-0.25, -0.2) is 4.98 Å². The number of aromatic amines is 1. The van der Waals surface area contributed by atoms with Crippen LogP contribution in [0.5, 0.6) is 0 Å². The smallest absolute Gasteiger partial charge is 0.293 e. The average molecular weight is 277 g/mol. The highest BCUT2D eigenvalue weighted by molar-refractivity contribution is 5.86. The van der Waals surface area contributed by atoms with Crippen molar-refractivity contribution in [1.29, 1.82) is 0 Å². The number of nitrogens with one attached hydrogen (secondary N) is 2. The first-order valence-electron chi connectivity index (χ1n) is 6.18. The molecule has 0 saturated heterocycles. The van der Waals surface area contributed by atoms with Crippen molar-refractivity contribution in [3.63, 3.8) is 0 Å². The van der Waals surface area contributed by atoms with Gasteiger partial charge in [-0.1, -0.05) is 6.92 Å². The number of fused-ring (bicyclic) bond motifs is 1. The molecule has 1 aromatic heterocycles. The second kappa shape index (κ2) is 5.66. The highest BCUT2D eigenvalue weighted by atomic mass is 16.6. The van der Waals surface area contributed by atoms with Gasteiger partial charge in [0, 0.05) is 18.7 Å². The SMILES string of the molecule is CCC(N)CNc1cc2nc[nH]c(=O)c2cc1[N+](=O)[O-]. The number of nitro groups is 1. The van der Waals surface area contributed by atoms with Gasteiger partial charge in [0.25, 0.3) is 11.2 Å². The quantitative estimate of drug-likeness (QED) is 0.552. The first kappa shape index (κ1) is 13.9. The molecule has 0 aliphatic rings. The van der Waals surface area contributed by atoms with Crippen LogP contribution in [-0.4, -0.2) is 27.5 Å². The van der Waals surface area contributed by atoms with Gasteiger partial charge in [-0.05, 0) is 12.5 Å². The van der Waals surface area contributed by atoms with E-state index in [9.17, 15) is 14.9 Å². The molecule has 0 bridgehead atoms. The van der Waals surface area contributed by atoms with E-state index in [4.69, 9.17) is 5.73 Å². The second-order valence-corrected chi connectivity index (χ2v) is 4.42. The van der Waals surface area contributed by atoms with Gasteiger partial charge in [-0.2, -0.15) is 0 Å². The standard InChI is InChI=1S/C12H15N5O3/c1-2-7(13)5-14-10-4-9-8(3-11(10)17(19)20)12(18)16-6-15-9/h3-4,6-7,14H,2,5,13H2,1H3,(H,15,16,18). The molecule has 2 aromatic rings. The Morgan fingerprint density at radius 3 is 2.95 bits per heavy atom. The Kier molecular flexibility index (Phi) is 3.94. The molecule has 0 spiro atoms. The van der Waals surface area contributed by atoms with E-state index in [1.807, 2.05) is 6.92 Å². The molecule has 8 heteroatoms. The number of anilines is 1. The Morgan fingerprint density at radius 2 is 2.30 bits per heavy atom. The van der Waals surface area contributed by atoms with Crippen LogP contribution in [0.15, 0.2) is 23.3 Å². The largest absolute Gasteiger partial charge is 0.378 e. The summed E-state index contributed by atoms with van der Waals surface area (Å²) in [5.41, 5.74) is 5.91. The number of nitrogens with zero attached hydrogens (tertiary/aromatic N) is 2. The number of aromatic nitrogens is 2. The fraction of sp³-hybridized carbons (Fsp3) is 0.333. The van der Waals surface area contributed by atoms with Gasteiger partial charge >= 0.3 is 0 Å². The number of nitrogens with two attached hydrogens (primary N) is 1. The number of hydrogen-bond acceptors (Lipinski definition) is 6. The van der Waals surface area contributed by atoms with E-state index < -0.39 is 10.5 Å². The highest BCUT2D eigenvalue weighted by Gasteiger charge is 2.17. The summed E-state index contributed by atoms with van der Waals surface area (Å²) in [6.45, 7) is 2.34. The summed E-state index contributed by atoms with van der Waals surface area (Å²) in [6.07, 6.45) is 2.02. The number of benzene rings is 1. The Morgan fingerprint density at radius 1 is 1.55 bits per heavy atom. The third kappa shape index (κ3) is 2.75. The Labute approximate surface area is 114 Å². The molecule has 0 saturated carbocycles. The number of rotatable bonds is 5. The molecule has 1 unspecified atom stereocenters. The molecule has 0 amide bonds. The lowest BCUT2D eigenvalue weighted by Crippen LogP contribution is -2.28. The molecular weight excluding hydrogens is 262 g/mol. The molecule has 1 atom stereocenters. The Bertz CT molecular complexity index is 697. The monoisotopic (exact) mass is 277 g/mol. The summed E-state index contributed by atoms with van der Waals surface area (Å²) in [6, 6.07) is 2.61. The van der Waals surface area contributed by atoms with Gasteiger partial charge in [0.2, 0.25) is 0 Å². The summed E-state index contributed by atoms with van der Waals surface area (Å²) < 4.78 is 0.